The highest BCUT2D eigenvalue weighted by Gasteiger charge is 2.13. The summed E-state index contributed by atoms with van der Waals surface area (Å²) in [6, 6.07) is 9.21. The van der Waals surface area contributed by atoms with Crippen LogP contribution in [0, 0.1) is 5.92 Å². The molecule has 0 radical (unpaired) electrons. The summed E-state index contributed by atoms with van der Waals surface area (Å²) in [5, 5.41) is 0.926. The van der Waals surface area contributed by atoms with Crippen LogP contribution in [0.4, 0.5) is 0 Å². The molecule has 146 valence electrons. The molecule has 0 fully saturated rings. The lowest BCUT2D eigenvalue weighted by atomic mass is 9.94. The predicted molar refractivity (Wildman–Crippen MR) is 108 cm³/mol. The lowest BCUT2D eigenvalue weighted by molar-refractivity contribution is -0.139. The van der Waals surface area contributed by atoms with Crippen molar-refractivity contribution < 1.29 is 18.7 Å². The van der Waals surface area contributed by atoms with Crippen molar-refractivity contribution in [3.63, 3.8) is 0 Å². The minimum Gasteiger partial charge on any atom is -0.497 e. The Kier molecular flexibility index (Phi) is 6.14. The van der Waals surface area contributed by atoms with Crippen LogP contribution in [0.25, 0.3) is 23.3 Å². The molecule has 2 aromatic rings. The standard InChI is InChI=1S/C23H24O5/c1-15(2)22(24)27-12-4-5-16-6-7-18-14-20(23(25)28-21(18)13-16)17-8-10-19(26-3)11-9-17/h7-11,13-14,16H,1,4-6,12H2,2-3H3. The van der Waals surface area contributed by atoms with E-state index in [2.05, 4.69) is 12.7 Å². The third kappa shape index (κ3) is 4.60. The molecule has 0 saturated carbocycles. The van der Waals surface area contributed by atoms with E-state index in [1.807, 2.05) is 36.4 Å². The number of carbonyl (C=O) groups is 1. The molecule has 3 rings (SSSR count). The average Bonchev–Trinajstić information content (AvgIpc) is 2.70. The molecular formula is C23H24O5. The van der Waals surface area contributed by atoms with Crippen LogP contribution in [0.1, 0.15) is 26.2 Å². The number of hydrogen-bond acceptors (Lipinski definition) is 5. The predicted octanol–water partition coefficient (Wildman–Crippen LogP) is 2.80. The van der Waals surface area contributed by atoms with Gasteiger partial charge >= 0.3 is 11.6 Å². The number of hydrogen-bond donors (Lipinski definition) is 0. The second-order valence-electron chi connectivity index (χ2n) is 6.92. The first kappa shape index (κ1) is 19.7. The summed E-state index contributed by atoms with van der Waals surface area (Å²) >= 11 is 0. The van der Waals surface area contributed by atoms with E-state index in [0.29, 0.717) is 23.2 Å². The average molecular weight is 380 g/mol. The molecule has 1 aliphatic rings. The van der Waals surface area contributed by atoms with Gasteiger partial charge in [0, 0.05) is 10.8 Å². The maximum absolute atomic E-state index is 12.5. The minimum absolute atomic E-state index is 0.256. The van der Waals surface area contributed by atoms with Gasteiger partial charge in [-0.1, -0.05) is 24.8 Å². The summed E-state index contributed by atoms with van der Waals surface area (Å²) in [5.41, 5.74) is 1.99. The molecule has 1 aliphatic carbocycles. The van der Waals surface area contributed by atoms with Crippen LogP contribution in [0.2, 0.25) is 0 Å². The molecule has 0 bridgehead atoms. The van der Waals surface area contributed by atoms with Crippen molar-refractivity contribution in [1.29, 1.82) is 0 Å². The number of rotatable bonds is 7. The minimum atomic E-state index is -0.360. The summed E-state index contributed by atoms with van der Waals surface area (Å²) in [5.74, 6) is 0.635. The fourth-order valence-corrected chi connectivity index (χ4v) is 3.16. The highest BCUT2D eigenvalue weighted by Crippen LogP contribution is 2.19. The van der Waals surface area contributed by atoms with Gasteiger partial charge in [0.15, 0.2) is 0 Å². The van der Waals surface area contributed by atoms with Gasteiger partial charge in [0.25, 0.3) is 0 Å². The smallest absolute Gasteiger partial charge is 0.344 e. The van der Waals surface area contributed by atoms with Gasteiger partial charge in [-0.05, 0) is 61.9 Å². The van der Waals surface area contributed by atoms with Crippen LogP contribution in [0.3, 0.4) is 0 Å². The van der Waals surface area contributed by atoms with Crippen molar-refractivity contribution in [3.8, 4) is 16.9 Å². The van der Waals surface area contributed by atoms with E-state index >= 15 is 0 Å². The van der Waals surface area contributed by atoms with Crippen molar-refractivity contribution in [3.05, 3.63) is 63.5 Å². The molecule has 0 aliphatic heterocycles. The summed E-state index contributed by atoms with van der Waals surface area (Å²) in [6.07, 6.45) is 6.54. The van der Waals surface area contributed by atoms with Crippen LogP contribution >= 0.6 is 0 Å². The molecule has 0 spiro atoms. The normalized spacial score (nSPS) is 15.0. The van der Waals surface area contributed by atoms with E-state index in [0.717, 1.165) is 35.8 Å². The maximum atomic E-state index is 12.5. The zero-order chi connectivity index (χ0) is 20.1. The first-order chi connectivity index (χ1) is 13.5. The van der Waals surface area contributed by atoms with Gasteiger partial charge in [0.2, 0.25) is 0 Å². The fraction of sp³-hybridized carbons (Fsp3) is 0.304. The molecule has 0 saturated heterocycles. The molecule has 0 N–H and O–H groups in total. The van der Waals surface area contributed by atoms with Gasteiger partial charge in [-0.3, -0.25) is 0 Å². The van der Waals surface area contributed by atoms with Crippen LogP contribution < -0.4 is 21.0 Å². The molecule has 5 nitrogen and oxygen atoms in total. The monoisotopic (exact) mass is 380 g/mol. The van der Waals surface area contributed by atoms with Crippen LogP contribution in [-0.2, 0) is 9.53 Å². The number of methoxy groups -OCH3 is 1. The molecule has 28 heavy (non-hydrogen) atoms. The van der Waals surface area contributed by atoms with Crippen molar-refractivity contribution in [2.24, 2.45) is 5.92 Å². The second kappa shape index (κ2) is 8.74. The Morgan fingerprint density at radius 3 is 2.71 bits per heavy atom. The van der Waals surface area contributed by atoms with E-state index in [1.54, 1.807) is 14.0 Å². The summed E-state index contributed by atoms with van der Waals surface area (Å²) in [7, 11) is 1.61. The Balaban J connectivity index is 1.72. The number of ether oxygens (including phenoxy) is 2. The first-order valence-electron chi connectivity index (χ1n) is 9.31. The van der Waals surface area contributed by atoms with Gasteiger partial charge in [-0.25, -0.2) is 9.59 Å². The Hall–Kier alpha value is -3.08. The Labute approximate surface area is 163 Å². The number of benzene rings is 1. The van der Waals surface area contributed by atoms with Gasteiger partial charge < -0.3 is 13.9 Å². The molecule has 5 heteroatoms. The second-order valence-corrected chi connectivity index (χ2v) is 6.92. The molecular weight excluding hydrogens is 356 g/mol. The highest BCUT2D eigenvalue weighted by atomic mass is 16.5. The van der Waals surface area contributed by atoms with E-state index in [1.165, 1.54) is 0 Å². The van der Waals surface area contributed by atoms with E-state index in [9.17, 15) is 9.59 Å². The molecule has 1 aromatic heterocycles. The highest BCUT2D eigenvalue weighted by molar-refractivity contribution is 5.86. The van der Waals surface area contributed by atoms with E-state index in [-0.39, 0.29) is 17.5 Å². The number of esters is 1. The lowest BCUT2D eigenvalue weighted by Crippen LogP contribution is -2.33. The third-order valence-corrected chi connectivity index (χ3v) is 4.74. The SMILES string of the molecule is C=C(C)C(=O)OCCCC1C=c2oc(=O)c(-c3ccc(OC)cc3)cc2=CC1. The third-order valence-electron chi connectivity index (χ3n) is 4.74. The number of carbonyl (C=O) groups excluding carboxylic acids is 1. The van der Waals surface area contributed by atoms with E-state index < -0.39 is 0 Å². The zero-order valence-corrected chi connectivity index (χ0v) is 16.2. The van der Waals surface area contributed by atoms with Crippen LogP contribution in [-0.4, -0.2) is 19.7 Å². The summed E-state index contributed by atoms with van der Waals surface area (Å²) in [4.78, 5) is 23.8. The van der Waals surface area contributed by atoms with Crippen molar-refractivity contribution in [1.82, 2.24) is 0 Å². The molecule has 1 unspecified atom stereocenters. The van der Waals surface area contributed by atoms with Gasteiger partial charge in [0.05, 0.1) is 19.3 Å². The molecule has 1 heterocycles. The first-order valence-corrected chi connectivity index (χ1v) is 9.31. The lowest BCUT2D eigenvalue weighted by Gasteiger charge is -2.13. The summed E-state index contributed by atoms with van der Waals surface area (Å²) in [6.45, 7) is 5.56. The Morgan fingerprint density at radius 1 is 1.29 bits per heavy atom. The zero-order valence-electron chi connectivity index (χ0n) is 16.2. The molecule has 0 amide bonds. The largest absolute Gasteiger partial charge is 0.497 e. The van der Waals surface area contributed by atoms with Crippen LogP contribution in [0.15, 0.2) is 51.7 Å². The van der Waals surface area contributed by atoms with Crippen molar-refractivity contribution in [2.75, 3.05) is 13.7 Å². The van der Waals surface area contributed by atoms with Gasteiger partial charge in [0.1, 0.15) is 11.2 Å². The van der Waals surface area contributed by atoms with Crippen LogP contribution in [0.5, 0.6) is 5.75 Å². The topological polar surface area (TPSA) is 65.7 Å². The maximum Gasteiger partial charge on any atom is 0.344 e. The quantitative estimate of drug-likeness (QED) is 0.420. The van der Waals surface area contributed by atoms with E-state index in [4.69, 9.17) is 13.9 Å². The Morgan fingerprint density at radius 2 is 2.04 bits per heavy atom. The van der Waals surface area contributed by atoms with Crippen molar-refractivity contribution >= 4 is 18.1 Å². The fourth-order valence-electron chi connectivity index (χ4n) is 3.16. The molecule has 1 aromatic carbocycles. The van der Waals surface area contributed by atoms with Gasteiger partial charge in [-0.2, -0.15) is 0 Å². The number of fused-ring (bicyclic) bond motifs is 1. The summed E-state index contributed by atoms with van der Waals surface area (Å²) < 4.78 is 15.9. The van der Waals surface area contributed by atoms with Crippen molar-refractivity contribution in [2.45, 2.75) is 26.2 Å². The Bertz CT molecular complexity index is 1040. The molecule has 1 atom stereocenters. The van der Waals surface area contributed by atoms with Gasteiger partial charge in [-0.15, -0.1) is 0 Å².